The van der Waals surface area contributed by atoms with Gasteiger partial charge >= 0.3 is 5.97 Å². The number of carbonyl (C=O) groups is 1. The van der Waals surface area contributed by atoms with Crippen molar-refractivity contribution in [3.8, 4) is 5.75 Å². The third-order valence-electron chi connectivity index (χ3n) is 3.43. The van der Waals surface area contributed by atoms with Crippen molar-refractivity contribution in [1.29, 1.82) is 0 Å². The summed E-state index contributed by atoms with van der Waals surface area (Å²) >= 11 is 5.96. The van der Waals surface area contributed by atoms with E-state index in [9.17, 15) is 4.79 Å². The van der Waals surface area contributed by atoms with Crippen molar-refractivity contribution in [2.75, 3.05) is 6.61 Å². The molecular formula is C14H17ClO3. The van der Waals surface area contributed by atoms with Gasteiger partial charge in [-0.3, -0.25) is 4.79 Å². The zero-order valence-corrected chi connectivity index (χ0v) is 11.4. The fourth-order valence-electron chi connectivity index (χ4n) is 2.22. The number of hydrogen-bond donors (Lipinski definition) is 1. The second-order valence-electron chi connectivity index (χ2n) is 5.23. The maximum Gasteiger partial charge on any atom is 0.304 e. The van der Waals surface area contributed by atoms with Crippen LogP contribution in [0.2, 0.25) is 5.02 Å². The van der Waals surface area contributed by atoms with E-state index in [0.717, 1.165) is 29.7 Å². The zero-order chi connectivity index (χ0) is 13.3. The fraction of sp³-hybridized carbons (Fsp3) is 0.500. The molecule has 98 valence electrons. The van der Waals surface area contributed by atoms with E-state index in [-0.39, 0.29) is 11.8 Å². The number of aliphatic carboxylic acids is 1. The standard InChI is InChI=1S/C14H17ClO3/c1-9-5-11(15)6-10(2)13(9)18-8-14(3-4-14)7-12(16)17/h5-6H,3-4,7-8H2,1-2H3,(H,16,17). The van der Waals surface area contributed by atoms with Crippen LogP contribution in [0.3, 0.4) is 0 Å². The van der Waals surface area contributed by atoms with Crippen LogP contribution in [-0.4, -0.2) is 17.7 Å². The molecule has 0 heterocycles. The van der Waals surface area contributed by atoms with Gasteiger partial charge in [-0.1, -0.05) is 11.6 Å². The van der Waals surface area contributed by atoms with Crippen LogP contribution < -0.4 is 4.74 Å². The topological polar surface area (TPSA) is 46.5 Å². The summed E-state index contributed by atoms with van der Waals surface area (Å²) in [6.45, 7) is 4.37. The highest BCUT2D eigenvalue weighted by molar-refractivity contribution is 6.30. The Hall–Kier alpha value is -1.22. The molecule has 2 rings (SSSR count). The van der Waals surface area contributed by atoms with Crippen LogP contribution in [0.25, 0.3) is 0 Å². The second-order valence-corrected chi connectivity index (χ2v) is 5.66. The molecule has 1 N–H and O–H groups in total. The quantitative estimate of drug-likeness (QED) is 0.888. The Kier molecular flexibility index (Phi) is 3.53. The third kappa shape index (κ3) is 2.96. The second kappa shape index (κ2) is 4.81. The number of ether oxygens (including phenoxy) is 1. The molecule has 0 spiro atoms. The zero-order valence-electron chi connectivity index (χ0n) is 10.6. The number of benzene rings is 1. The summed E-state index contributed by atoms with van der Waals surface area (Å²) in [5.41, 5.74) is 1.84. The molecule has 18 heavy (non-hydrogen) atoms. The van der Waals surface area contributed by atoms with E-state index in [0.29, 0.717) is 11.6 Å². The number of hydrogen-bond acceptors (Lipinski definition) is 2. The first kappa shape index (κ1) is 13.2. The molecule has 1 aromatic carbocycles. The minimum absolute atomic E-state index is 0.148. The normalized spacial score (nSPS) is 16.4. The summed E-state index contributed by atoms with van der Waals surface area (Å²) in [5, 5.41) is 9.56. The SMILES string of the molecule is Cc1cc(Cl)cc(C)c1OCC1(CC(=O)O)CC1. The summed E-state index contributed by atoms with van der Waals surface area (Å²) in [6.07, 6.45) is 2.06. The Balaban J connectivity index is 2.05. The van der Waals surface area contributed by atoms with Crippen molar-refractivity contribution in [3.63, 3.8) is 0 Å². The minimum Gasteiger partial charge on any atom is -0.492 e. The molecule has 1 aliphatic carbocycles. The van der Waals surface area contributed by atoms with E-state index in [1.165, 1.54) is 0 Å². The van der Waals surface area contributed by atoms with E-state index in [1.807, 2.05) is 26.0 Å². The highest BCUT2D eigenvalue weighted by Crippen LogP contribution is 2.49. The van der Waals surface area contributed by atoms with E-state index in [2.05, 4.69) is 0 Å². The molecule has 0 amide bonds. The van der Waals surface area contributed by atoms with Gasteiger partial charge in [0.25, 0.3) is 0 Å². The van der Waals surface area contributed by atoms with Crippen LogP contribution in [0.5, 0.6) is 5.75 Å². The van der Waals surface area contributed by atoms with Crippen LogP contribution in [0.4, 0.5) is 0 Å². The van der Waals surface area contributed by atoms with Gasteiger partial charge in [-0.15, -0.1) is 0 Å². The maximum atomic E-state index is 10.8. The summed E-state index contributed by atoms with van der Waals surface area (Å²) in [4.78, 5) is 10.8. The maximum absolute atomic E-state index is 10.8. The van der Waals surface area contributed by atoms with Gasteiger partial charge in [-0.05, 0) is 49.9 Å². The first-order chi connectivity index (χ1) is 8.42. The molecule has 0 aliphatic heterocycles. The fourth-order valence-corrected chi connectivity index (χ4v) is 2.55. The van der Waals surface area contributed by atoms with E-state index in [1.54, 1.807) is 0 Å². The van der Waals surface area contributed by atoms with Crippen molar-refractivity contribution >= 4 is 17.6 Å². The summed E-state index contributed by atoms with van der Waals surface area (Å²) in [7, 11) is 0. The lowest BCUT2D eigenvalue weighted by Crippen LogP contribution is -2.18. The average Bonchev–Trinajstić information content (AvgIpc) is 2.95. The van der Waals surface area contributed by atoms with Crippen molar-refractivity contribution in [3.05, 3.63) is 28.3 Å². The van der Waals surface area contributed by atoms with E-state index < -0.39 is 5.97 Å². The summed E-state index contributed by atoms with van der Waals surface area (Å²) in [5.74, 6) is 0.0803. The van der Waals surface area contributed by atoms with Crippen LogP contribution in [0.15, 0.2) is 12.1 Å². The number of rotatable bonds is 5. The van der Waals surface area contributed by atoms with Crippen LogP contribution in [0.1, 0.15) is 30.4 Å². The van der Waals surface area contributed by atoms with Crippen molar-refractivity contribution in [2.45, 2.75) is 33.1 Å². The number of carboxylic acids is 1. The molecule has 1 fully saturated rings. The van der Waals surface area contributed by atoms with E-state index in [4.69, 9.17) is 21.4 Å². The van der Waals surface area contributed by atoms with Crippen molar-refractivity contribution < 1.29 is 14.6 Å². The number of halogens is 1. The Morgan fingerprint density at radius 2 is 1.94 bits per heavy atom. The monoisotopic (exact) mass is 268 g/mol. The van der Waals surface area contributed by atoms with Gasteiger partial charge in [-0.25, -0.2) is 0 Å². The van der Waals surface area contributed by atoms with Gasteiger partial charge in [0.1, 0.15) is 5.75 Å². The lowest BCUT2D eigenvalue weighted by molar-refractivity contribution is -0.138. The lowest BCUT2D eigenvalue weighted by Gasteiger charge is -2.17. The summed E-state index contributed by atoms with van der Waals surface area (Å²) < 4.78 is 5.83. The molecule has 0 unspecified atom stereocenters. The molecule has 1 aromatic rings. The molecular weight excluding hydrogens is 252 g/mol. The highest BCUT2D eigenvalue weighted by Gasteiger charge is 2.45. The molecule has 0 radical (unpaired) electrons. The van der Waals surface area contributed by atoms with Gasteiger partial charge in [0.2, 0.25) is 0 Å². The van der Waals surface area contributed by atoms with Gasteiger partial charge in [0, 0.05) is 10.4 Å². The molecule has 3 nitrogen and oxygen atoms in total. The Morgan fingerprint density at radius 3 is 2.39 bits per heavy atom. The highest BCUT2D eigenvalue weighted by atomic mass is 35.5. The molecule has 0 atom stereocenters. The van der Waals surface area contributed by atoms with Crippen LogP contribution in [-0.2, 0) is 4.79 Å². The van der Waals surface area contributed by atoms with Crippen LogP contribution in [0, 0.1) is 19.3 Å². The van der Waals surface area contributed by atoms with Gasteiger partial charge in [0.15, 0.2) is 0 Å². The first-order valence-corrected chi connectivity index (χ1v) is 6.41. The molecule has 4 heteroatoms. The first-order valence-electron chi connectivity index (χ1n) is 6.03. The average molecular weight is 269 g/mol. The van der Waals surface area contributed by atoms with Crippen molar-refractivity contribution in [1.82, 2.24) is 0 Å². The minimum atomic E-state index is -0.749. The molecule has 1 aliphatic rings. The molecule has 0 aromatic heterocycles. The Bertz CT molecular complexity index is 455. The molecule has 0 bridgehead atoms. The van der Waals surface area contributed by atoms with E-state index >= 15 is 0 Å². The molecule has 0 saturated heterocycles. The molecule has 1 saturated carbocycles. The van der Waals surface area contributed by atoms with Gasteiger partial charge in [0.05, 0.1) is 13.0 Å². The van der Waals surface area contributed by atoms with Crippen molar-refractivity contribution in [2.24, 2.45) is 5.41 Å². The predicted molar refractivity (Wildman–Crippen MR) is 70.3 cm³/mol. The third-order valence-corrected chi connectivity index (χ3v) is 3.65. The van der Waals surface area contributed by atoms with Crippen LogP contribution >= 0.6 is 11.6 Å². The van der Waals surface area contributed by atoms with Gasteiger partial charge < -0.3 is 9.84 Å². The van der Waals surface area contributed by atoms with Gasteiger partial charge in [-0.2, -0.15) is 0 Å². The lowest BCUT2D eigenvalue weighted by atomic mass is 10.0. The largest absolute Gasteiger partial charge is 0.492 e. The number of carboxylic acid groups (broad SMARTS) is 1. The Morgan fingerprint density at radius 1 is 1.39 bits per heavy atom. The smallest absolute Gasteiger partial charge is 0.304 e. The Labute approximate surface area is 112 Å². The number of aryl methyl sites for hydroxylation is 2. The summed E-state index contributed by atoms with van der Waals surface area (Å²) in [6, 6.07) is 3.72. The predicted octanol–water partition coefficient (Wildman–Crippen LogP) is 3.59.